The Labute approximate surface area is 122 Å². The SMILES string of the molecule is CC(C)(Cc1ccc(OC2CSC2)c(Cl)c1)C(=O)O. The standard InChI is InChI=1S/C14H17ClO3S/c1-14(2,13(16)17)6-9-3-4-12(11(15)5-9)18-10-7-19-8-10/h3-5,10H,6-8H2,1-2H3,(H,16,17). The highest BCUT2D eigenvalue weighted by molar-refractivity contribution is 8.00. The molecule has 1 aliphatic heterocycles. The van der Waals surface area contributed by atoms with Crippen LogP contribution in [0.2, 0.25) is 5.02 Å². The third-order valence-corrected chi connectivity index (χ3v) is 4.63. The van der Waals surface area contributed by atoms with Gasteiger partial charge in [-0.3, -0.25) is 4.79 Å². The van der Waals surface area contributed by atoms with E-state index in [1.54, 1.807) is 19.9 Å². The maximum absolute atomic E-state index is 11.1. The van der Waals surface area contributed by atoms with Crippen molar-refractivity contribution in [3.05, 3.63) is 28.8 Å². The van der Waals surface area contributed by atoms with E-state index in [0.29, 0.717) is 17.2 Å². The topological polar surface area (TPSA) is 46.5 Å². The van der Waals surface area contributed by atoms with Crippen molar-refractivity contribution < 1.29 is 14.6 Å². The first-order valence-electron chi connectivity index (χ1n) is 6.15. The Hall–Kier alpha value is -0.870. The first-order chi connectivity index (χ1) is 8.88. The van der Waals surface area contributed by atoms with Gasteiger partial charge in [-0.1, -0.05) is 17.7 Å². The summed E-state index contributed by atoms with van der Waals surface area (Å²) >= 11 is 8.03. The summed E-state index contributed by atoms with van der Waals surface area (Å²) in [5, 5.41) is 9.68. The summed E-state index contributed by atoms with van der Waals surface area (Å²) < 4.78 is 5.74. The van der Waals surface area contributed by atoms with Crippen molar-refractivity contribution in [2.45, 2.75) is 26.4 Å². The third kappa shape index (κ3) is 3.57. The molecule has 1 fully saturated rings. The van der Waals surface area contributed by atoms with Gasteiger partial charge >= 0.3 is 5.97 Å². The van der Waals surface area contributed by atoms with Crippen molar-refractivity contribution >= 4 is 29.3 Å². The van der Waals surface area contributed by atoms with E-state index in [9.17, 15) is 4.79 Å². The summed E-state index contributed by atoms with van der Waals surface area (Å²) in [6, 6.07) is 5.52. The number of hydrogen-bond donors (Lipinski definition) is 1. The first-order valence-corrected chi connectivity index (χ1v) is 7.68. The minimum Gasteiger partial charge on any atom is -0.487 e. The van der Waals surface area contributed by atoms with Gasteiger partial charge in [-0.05, 0) is 38.0 Å². The van der Waals surface area contributed by atoms with Gasteiger partial charge in [0.1, 0.15) is 11.9 Å². The molecule has 0 amide bonds. The maximum atomic E-state index is 11.1. The fourth-order valence-corrected chi connectivity index (χ4v) is 2.61. The molecule has 0 aliphatic carbocycles. The zero-order valence-electron chi connectivity index (χ0n) is 11.0. The molecule has 104 valence electrons. The van der Waals surface area contributed by atoms with Crippen molar-refractivity contribution in [2.24, 2.45) is 5.41 Å². The quantitative estimate of drug-likeness (QED) is 0.904. The van der Waals surface area contributed by atoms with Crippen LogP contribution in [0.5, 0.6) is 5.75 Å². The normalized spacial score (nSPS) is 15.9. The molecule has 0 atom stereocenters. The highest BCUT2D eigenvalue weighted by atomic mass is 35.5. The van der Waals surface area contributed by atoms with Gasteiger partial charge < -0.3 is 9.84 Å². The number of ether oxygens (including phenoxy) is 1. The summed E-state index contributed by atoms with van der Waals surface area (Å²) in [5.74, 6) is 1.88. The van der Waals surface area contributed by atoms with Crippen LogP contribution in [-0.2, 0) is 11.2 Å². The summed E-state index contributed by atoms with van der Waals surface area (Å²) in [4.78, 5) is 11.1. The van der Waals surface area contributed by atoms with Gasteiger partial charge in [-0.2, -0.15) is 11.8 Å². The van der Waals surface area contributed by atoms with Crippen molar-refractivity contribution in [2.75, 3.05) is 11.5 Å². The van der Waals surface area contributed by atoms with Gasteiger partial charge in [0.15, 0.2) is 0 Å². The van der Waals surface area contributed by atoms with E-state index in [0.717, 1.165) is 17.1 Å². The minimum absolute atomic E-state index is 0.254. The molecule has 1 heterocycles. The molecule has 2 rings (SSSR count). The molecule has 1 aliphatic rings. The molecule has 3 nitrogen and oxygen atoms in total. The van der Waals surface area contributed by atoms with E-state index < -0.39 is 11.4 Å². The Morgan fingerprint density at radius 3 is 2.68 bits per heavy atom. The molecule has 1 aromatic carbocycles. The van der Waals surface area contributed by atoms with Crippen LogP contribution < -0.4 is 4.74 Å². The van der Waals surface area contributed by atoms with Gasteiger partial charge in [0, 0.05) is 11.5 Å². The lowest BCUT2D eigenvalue weighted by Crippen LogP contribution is -2.31. The van der Waals surface area contributed by atoms with Gasteiger partial charge in [0.25, 0.3) is 0 Å². The van der Waals surface area contributed by atoms with Gasteiger partial charge in [-0.15, -0.1) is 0 Å². The molecule has 0 spiro atoms. The smallest absolute Gasteiger partial charge is 0.309 e. The molecule has 1 saturated heterocycles. The maximum Gasteiger partial charge on any atom is 0.309 e. The van der Waals surface area contributed by atoms with Crippen molar-refractivity contribution in [1.82, 2.24) is 0 Å². The lowest BCUT2D eigenvalue weighted by atomic mass is 9.86. The van der Waals surface area contributed by atoms with Crippen molar-refractivity contribution in [3.63, 3.8) is 0 Å². The number of carbonyl (C=O) groups is 1. The van der Waals surface area contributed by atoms with E-state index in [1.165, 1.54) is 0 Å². The molecule has 0 unspecified atom stereocenters. The number of carboxylic acids is 1. The first kappa shape index (κ1) is 14.5. The predicted octanol–water partition coefficient (Wildman–Crippen LogP) is 3.49. The Balaban J connectivity index is 2.07. The van der Waals surface area contributed by atoms with Gasteiger partial charge in [-0.25, -0.2) is 0 Å². The van der Waals surface area contributed by atoms with E-state index in [4.69, 9.17) is 21.4 Å². The van der Waals surface area contributed by atoms with Crippen molar-refractivity contribution in [1.29, 1.82) is 0 Å². The molecule has 5 heteroatoms. The van der Waals surface area contributed by atoms with Gasteiger partial charge in [0.2, 0.25) is 0 Å². The largest absolute Gasteiger partial charge is 0.487 e. The molecular formula is C14H17ClO3S. The highest BCUT2D eigenvalue weighted by Crippen LogP contribution is 2.32. The molecule has 1 N–H and O–H groups in total. The Morgan fingerprint density at radius 2 is 2.21 bits per heavy atom. The van der Waals surface area contributed by atoms with Gasteiger partial charge in [0.05, 0.1) is 10.4 Å². The molecule has 0 aromatic heterocycles. The Bertz CT molecular complexity index is 484. The number of benzene rings is 1. The number of carboxylic acid groups (broad SMARTS) is 1. The van der Waals surface area contributed by atoms with E-state index in [2.05, 4.69) is 0 Å². The predicted molar refractivity (Wildman–Crippen MR) is 78.3 cm³/mol. The lowest BCUT2D eigenvalue weighted by molar-refractivity contribution is -0.146. The molecular weight excluding hydrogens is 284 g/mol. The van der Waals surface area contributed by atoms with Crippen LogP contribution in [0.4, 0.5) is 0 Å². The van der Waals surface area contributed by atoms with E-state index >= 15 is 0 Å². The lowest BCUT2D eigenvalue weighted by Gasteiger charge is -2.26. The van der Waals surface area contributed by atoms with Crippen molar-refractivity contribution in [3.8, 4) is 5.75 Å². The molecule has 19 heavy (non-hydrogen) atoms. The minimum atomic E-state index is -0.810. The van der Waals surface area contributed by atoms with Crippen LogP contribution in [0, 0.1) is 5.41 Å². The highest BCUT2D eigenvalue weighted by Gasteiger charge is 2.28. The second kappa shape index (κ2) is 5.63. The molecule has 1 aromatic rings. The monoisotopic (exact) mass is 300 g/mol. The summed E-state index contributed by atoms with van der Waals surface area (Å²) in [7, 11) is 0. The molecule has 0 saturated carbocycles. The Kier molecular flexibility index (Phi) is 4.31. The number of aliphatic carboxylic acids is 1. The summed E-state index contributed by atoms with van der Waals surface area (Å²) in [6.45, 7) is 3.42. The number of rotatable bonds is 5. The van der Waals surface area contributed by atoms with E-state index in [1.807, 2.05) is 23.9 Å². The number of halogens is 1. The van der Waals surface area contributed by atoms with Crippen LogP contribution >= 0.6 is 23.4 Å². The fraction of sp³-hybridized carbons (Fsp3) is 0.500. The average Bonchev–Trinajstić information content (AvgIpc) is 2.24. The zero-order chi connectivity index (χ0) is 14.0. The average molecular weight is 301 g/mol. The zero-order valence-corrected chi connectivity index (χ0v) is 12.6. The number of thioether (sulfide) groups is 1. The second-order valence-corrected chi connectivity index (χ2v) is 6.89. The van der Waals surface area contributed by atoms with Crippen LogP contribution in [0.25, 0.3) is 0 Å². The number of hydrogen-bond acceptors (Lipinski definition) is 3. The molecule has 0 bridgehead atoms. The van der Waals surface area contributed by atoms with E-state index in [-0.39, 0.29) is 6.10 Å². The van der Waals surface area contributed by atoms with Crippen LogP contribution in [-0.4, -0.2) is 28.7 Å². The third-order valence-electron chi connectivity index (χ3n) is 3.12. The van der Waals surface area contributed by atoms with Crippen LogP contribution in [0.15, 0.2) is 18.2 Å². The summed E-state index contributed by atoms with van der Waals surface area (Å²) in [5.41, 5.74) is 0.115. The second-order valence-electron chi connectivity index (χ2n) is 5.41. The van der Waals surface area contributed by atoms with Crippen LogP contribution in [0.1, 0.15) is 19.4 Å². The van der Waals surface area contributed by atoms with Crippen LogP contribution in [0.3, 0.4) is 0 Å². The fourth-order valence-electron chi connectivity index (χ4n) is 1.80. The summed E-state index contributed by atoms with van der Waals surface area (Å²) in [6.07, 6.45) is 0.700. The Morgan fingerprint density at radius 1 is 1.53 bits per heavy atom. The molecule has 0 radical (unpaired) electrons.